The summed E-state index contributed by atoms with van der Waals surface area (Å²) in [5.74, 6) is -0.329. The molecule has 0 aliphatic carbocycles. The lowest BCUT2D eigenvalue weighted by Gasteiger charge is -2.22. The number of nitrogens with one attached hydrogen (secondary N) is 2. The average Bonchev–Trinajstić information content (AvgIpc) is 2.93. The first-order valence-corrected chi connectivity index (χ1v) is 8.04. The van der Waals surface area contributed by atoms with Crippen LogP contribution >= 0.6 is 0 Å². The molecule has 2 aliphatic heterocycles. The van der Waals surface area contributed by atoms with E-state index in [4.69, 9.17) is 9.94 Å². The van der Waals surface area contributed by atoms with Crippen LogP contribution in [0.2, 0.25) is 0 Å². The Hall–Kier alpha value is -1.63. The summed E-state index contributed by atoms with van der Waals surface area (Å²) in [5, 5.41) is 18.5. The highest BCUT2D eigenvalue weighted by molar-refractivity contribution is 5.86. The minimum Gasteiger partial charge on any atom is -0.481 e. The highest BCUT2D eigenvalue weighted by Crippen LogP contribution is 2.22. The molecule has 124 valence electrons. The summed E-state index contributed by atoms with van der Waals surface area (Å²) in [7, 11) is 0. The fourth-order valence-corrected chi connectivity index (χ4v) is 2.87. The first kappa shape index (κ1) is 16.7. The molecule has 0 aromatic rings. The summed E-state index contributed by atoms with van der Waals surface area (Å²) in [6, 6.07) is 0. The Morgan fingerprint density at radius 2 is 2.14 bits per heavy atom. The van der Waals surface area contributed by atoms with Crippen molar-refractivity contribution >= 4 is 17.6 Å². The van der Waals surface area contributed by atoms with E-state index in [0.29, 0.717) is 6.42 Å². The number of hydrogen-bond acceptors (Lipinski definition) is 5. The van der Waals surface area contributed by atoms with Crippen molar-refractivity contribution in [2.24, 2.45) is 11.1 Å². The monoisotopic (exact) mass is 311 g/mol. The van der Waals surface area contributed by atoms with Crippen LogP contribution in [0.1, 0.15) is 44.9 Å². The third-order valence-electron chi connectivity index (χ3n) is 4.17. The van der Waals surface area contributed by atoms with Crippen molar-refractivity contribution in [1.29, 1.82) is 0 Å². The van der Waals surface area contributed by atoms with Gasteiger partial charge in [-0.1, -0.05) is 5.16 Å². The number of nitrogens with zero attached hydrogens (tertiary/aromatic N) is 1. The molecule has 1 saturated heterocycles. The van der Waals surface area contributed by atoms with Crippen LogP contribution in [-0.4, -0.2) is 48.4 Å². The van der Waals surface area contributed by atoms with Crippen molar-refractivity contribution in [1.82, 2.24) is 10.6 Å². The van der Waals surface area contributed by atoms with Crippen LogP contribution in [0.4, 0.5) is 0 Å². The molecule has 22 heavy (non-hydrogen) atoms. The topological polar surface area (TPSA) is 100 Å². The number of carbonyl (C=O) groups excluding carboxylic acids is 1. The Balaban J connectivity index is 1.58. The zero-order valence-corrected chi connectivity index (χ0v) is 12.8. The normalized spacial score (nSPS) is 22.0. The molecule has 7 heteroatoms. The lowest BCUT2D eigenvalue weighted by atomic mass is 9.91. The number of piperidine rings is 1. The van der Waals surface area contributed by atoms with Crippen LogP contribution < -0.4 is 10.6 Å². The number of rotatable bonds is 8. The van der Waals surface area contributed by atoms with Crippen LogP contribution in [0.3, 0.4) is 0 Å². The van der Waals surface area contributed by atoms with Gasteiger partial charge in [-0.05, 0) is 44.7 Å². The molecule has 1 amide bonds. The lowest BCUT2D eigenvalue weighted by molar-refractivity contribution is -0.136. The van der Waals surface area contributed by atoms with Crippen molar-refractivity contribution in [3.8, 4) is 0 Å². The molecule has 0 radical (unpaired) electrons. The lowest BCUT2D eigenvalue weighted by Crippen LogP contribution is -2.29. The second-order valence-electron chi connectivity index (χ2n) is 6.02. The van der Waals surface area contributed by atoms with Gasteiger partial charge in [0.2, 0.25) is 5.91 Å². The summed E-state index contributed by atoms with van der Waals surface area (Å²) in [5.41, 5.74) is 1.04. The number of carbonyl (C=O) groups is 2. The van der Waals surface area contributed by atoms with Gasteiger partial charge in [-0.25, -0.2) is 0 Å². The summed E-state index contributed by atoms with van der Waals surface area (Å²) < 4.78 is 0. The summed E-state index contributed by atoms with van der Waals surface area (Å²) >= 11 is 0. The average molecular weight is 311 g/mol. The van der Waals surface area contributed by atoms with Gasteiger partial charge in [0.25, 0.3) is 0 Å². The Kier molecular flexibility index (Phi) is 6.64. The molecule has 7 nitrogen and oxygen atoms in total. The van der Waals surface area contributed by atoms with E-state index in [0.717, 1.165) is 37.6 Å². The molecule has 1 fully saturated rings. The van der Waals surface area contributed by atoms with Crippen molar-refractivity contribution in [2.45, 2.75) is 51.0 Å². The number of hydrogen-bond donors (Lipinski definition) is 3. The molecule has 1 unspecified atom stereocenters. The van der Waals surface area contributed by atoms with E-state index < -0.39 is 5.97 Å². The Morgan fingerprint density at radius 1 is 1.36 bits per heavy atom. The van der Waals surface area contributed by atoms with Gasteiger partial charge < -0.3 is 20.6 Å². The Morgan fingerprint density at radius 3 is 2.86 bits per heavy atom. The van der Waals surface area contributed by atoms with Crippen LogP contribution in [-0.2, 0) is 14.4 Å². The second kappa shape index (κ2) is 8.73. The predicted octanol–water partition coefficient (Wildman–Crippen LogP) is 0.892. The Bertz CT molecular complexity index is 419. The zero-order valence-electron chi connectivity index (χ0n) is 12.8. The molecule has 0 saturated carbocycles. The third kappa shape index (κ3) is 6.01. The van der Waals surface area contributed by atoms with E-state index in [1.807, 2.05) is 0 Å². The summed E-state index contributed by atoms with van der Waals surface area (Å²) in [4.78, 5) is 27.3. The van der Waals surface area contributed by atoms with Crippen molar-refractivity contribution < 1.29 is 19.5 Å². The summed E-state index contributed by atoms with van der Waals surface area (Å²) in [6.07, 6.45) is 5.22. The molecule has 0 aromatic heterocycles. The Labute approximate surface area is 130 Å². The highest BCUT2D eigenvalue weighted by Gasteiger charge is 2.24. The van der Waals surface area contributed by atoms with Gasteiger partial charge in [0.15, 0.2) is 0 Å². The van der Waals surface area contributed by atoms with Gasteiger partial charge in [-0.3, -0.25) is 9.59 Å². The fourth-order valence-electron chi connectivity index (χ4n) is 2.87. The largest absolute Gasteiger partial charge is 0.481 e. The van der Waals surface area contributed by atoms with E-state index in [9.17, 15) is 9.59 Å². The molecule has 2 heterocycles. The van der Waals surface area contributed by atoms with Crippen LogP contribution in [0.25, 0.3) is 0 Å². The molecule has 2 rings (SSSR count). The van der Waals surface area contributed by atoms with Gasteiger partial charge in [0, 0.05) is 13.0 Å². The van der Waals surface area contributed by atoms with Gasteiger partial charge in [0.05, 0.1) is 18.6 Å². The van der Waals surface area contributed by atoms with Crippen molar-refractivity contribution in [3.05, 3.63) is 0 Å². The van der Waals surface area contributed by atoms with E-state index in [1.165, 1.54) is 12.8 Å². The molecule has 2 aliphatic rings. The standard InChI is InChI=1S/C15H25N3O4/c19-14(17-8-5-15(20)21)10-13-9-12(18-22-13)2-1-11-3-6-16-7-4-11/h11,13,16H,1-10H2,(H,17,19)(H,20,21). The maximum absolute atomic E-state index is 11.7. The molecule has 0 spiro atoms. The van der Waals surface area contributed by atoms with E-state index >= 15 is 0 Å². The van der Waals surface area contributed by atoms with Crippen LogP contribution in [0.15, 0.2) is 5.16 Å². The maximum Gasteiger partial charge on any atom is 0.305 e. The van der Waals surface area contributed by atoms with E-state index in [2.05, 4.69) is 15.8 Å². The third-order valence-corrected chi connectivity index (χ3v) is 4.17. The molecule has 0 bridgehead atoms. The first-order chi connectivity index (χ1) is 10.6. The second-order valence-corrected chi connectivity index (χ2v) is 6.02. The molecular weight excluding hydrogens is 286 g/mol. The molecule has 1 atom stereocenters. The first-order valence-electron chi connectivity index (χ1n) is 8.04. The maximum atomic E-state index is 11.7. The number of carboxylic acid groups (broad SMARTS) is 1. The van der Waals surface area contributed by atoms with Crippen LogP contribution in [0.5, 0.6) is 0 Å². The minimum atomic E-state index is -0.916. The van der Waals surface area contributed by atoms with Gasteiger partial charge >= 0.3 is 5.97 Å². The van der Waals surface area contributed by atoms with Gasteiger partial charge in [-0.15, -0.1) is 0 Å². The number of carboxylic acids is 1. The predicted molar refractivity (Wildman–Crippen MR) is 81.6 cm³/mol. The number of oxime groups is 1. The molecule has 0 aromatic carbocycles. The quantitative estimate of drug-likeness (QED) is 0.618. The van der Waals surface area contributed by atoms with Crippen molar-refractivity contribution in [2.75, 3.05) is 19.6 Å². The number of aliphatic carboxylic acids is 1. The van der Waals surface area contributed by atoms with E-state index in [1.54, 1.807) is 0 Å². The summed E-state index contributed by atoms with van der Waals surface area (Å²) in [6.45, 7) is 2.36. The van der Waals surface area contributed by atoms with Crippen molar-refractivity contribution in [3.63, 3.8) is 0 Å². The highest BCUT2D eigenvalue weighted by atomic mass is 16.6. The van der Waals surface area contributed by atoms with Gasteiger partial charge in [-0.2, -0.15) is 0 Å². The fraction of sp³-hybridized carbons (Fsp3) is 0.800. The minimum absolute atomic E-state index is 0.0603. The van der Waals surface area contributed by atoms with E-state index in [-0.39, 0.29) is 31.4 Å². The number of amides is 1. The SMILES string of the molecule is O=C(O)CCNC(=O)CC1CC(CCC2CCNCC2)=NO1. The zero-order chi connectivity index (χ0) is 15.8. The smallest absolute Gasteiger partial charge is 0.305 e. The molecule has 3 N–H and O–H groups in total. The van der Waals surface area contributed by atoms with Gasteiger partial charge in [0.1, 0.15) is 6.10 Å². The van der Waals surface area contributed by atoms with Crippen LogP contribution in [0, 0.1) is 5.92 Å². The molecular formula is C15H25N3O4.